The quantitative estimate of drug-likeness (QED) is 0.680. The molecular formula is C19H18N2O4S2. The highest BCUT2D eigenvalue weighted by molar-refractivity contribution is 7.94. The van der Waals surface area contributed by atoms with Crippen LogP contribution in [0.1, 0.15) is 10.4 Å². The number of hydrogen-bond donors (Lipinski definition) is 1. The summed E-state index contributed by atoms with van der Waals surface area (Å²) in [5, 5.41) is 4.48. The zero-order chi connectivity index (χ0) is 19.4. The molecule has 0 aliphatic carbocycles. The molecule has 3 aromatic rings. The van der Waals surface area contributed by atoms with Gasteiger partial charge in [0.15, 0.2) is 0 Å². The van der Waals surface area contributed by atoms with Crippen molar-refractivity contribution in [2.45, 2.75) is 4.21 Å². The van der Waals surface area contributed by atoms with E-state index < -0.39 is 15.9 Å². The van der Waals surface area contributed by atoms with E-state index in [0.717, 1.165) is 15.6 Å². The Kier molecular flexibility index (Phi) is 5.48. The van der Waals surface area contributed by atoms with Crippen LogP contribution in [-0.2, 0) is 10.0 Å². The summed E-state index contributed by atoms with van der Waals surface area (Å²) >= 11 is 1.13. The first-order valence-electron chi connectivity index (χ1n) is 8.00. The molecule has 0 saturated carbocycles. The average molecular weight is 402 g/mol. The number of thiophene rings is 1. The van der Waals surface area contributed by atoms with Crippen molar-refractivity contribution in [3.8, 4) is 5.75 Å². The monoisotopic (exact) mass is 402 g/mol. The lowest BCUT2D eigenvalue weighted by molar-refractivity contribution is 0.102. The number of anilines is 2. The minimum atomic E-state index is -3.73. The topological polar surface area (TPSA) is 75.7 Å². The maximum atomic E-state index is 12.8. The first-order valence-corrected chi connectivity index (χ1v) is 10.3. The van der Waals surface area contributed by atoms with Crippen molar-refractivity contribution in [1.82, 2.24) is 0 Å². The Morgan fingerprint density at radius 3 is 2.37 bits per heavy atom. The number of hydrogen-bond acceptors (Lipinski definition) is 5. The lowest BCUT2D eigenvalue weighted by Gasteiger charge is -2.21. The van der Waals surface area contributed by atoms with Crippen LogP contribution < -0.4 is 14.4 Å². The van der Waals surface area contributed by atoms with Gasteiger partial charge in [-0.05, 0) is 47.8 Å². The number of methoxy groups -OCH3 is 1. The van der Waals surface area contributed by atoms with E-state index in [1.165, 1.54) is 13.1 Å². The highest BCUT2D eigenvalue weighted by Crippen LogP contribution is 2.28. The van der Waals surface area contributed by atoms with E-state index in [0.29, 0.717) is 17.1 Å². The summed E-state index contributed by atoms with van der Waals surface area (Å²) in [5.41, 5.74) is 1.15. The van der Waals surface area contributed by atoms with E-state index in [9.17, 15) is 13.2 Å². The minimum Gasteiger partial charge on any atom is -0.497 e. The predicted molar refractivity (Wildman–Crippen MR) is 107 cm³/mol. The van der Waals surface area contributed by atoms with Gasteiger partial charge < -0.3 is 10.1 Å². The third-order valence-electron chi connectivity index (χ3n) is 3.95. The molecule has 27 heavy (non-hydrogen) atoms. The van der Waals surface area contributed by atoms with Crippen LogP contribution in [-0.4, -0.2) is 28.5 Å². The predicted octanol–water partition coefficient (Wildman–Crippen LogP) is 3.83. The van der Waals surface area contributed by atoms with Crippen molar-refractivity contribution in [3.63, 3.8) is 0 Å². The molecule has 140 valence electrons. The lowest BCUT2D eigenvalue weighted by Crippen LogP contribution is -2.28. The molecule has 1 amide bonds. The Bertz CT molecular complexity index is 1030. The molecule has 2 aromatic carbocycles. The summed E-state index contributed by atoms with van der Waals surface area (Å²) in [6.45, 7) is 0. The van der Waals surface area contributed by atoms with E-state index in [-0.39, 0.29) is 9.77 Å². The Hall–Kier alpha value is -2.84. The van der Waals surface area contributed by atoms with Crippen LogP contribution in [0.25, 0.3) is 0 Å². The Morgan fingerprint density at radius 2 is 1.74 bits per heavy atom. The standard InChI is InChI=1S/C19H18N2O4S2/c1-21(27(23,24)18-8-5-13-26-18)17-7-4-3-6-16(17)19(22)20-14-9-11-15(25-2)12-10-14/h3-13H,1-2H3,(H,20,22). The fourth-order valence-electron chi connectivity index (χ4n) is 2.49. The molecule has 0 fully saturated rings. The number of sulfonamides is 1. The summed E-state index contributed by atoms with van der Waals surface area (Å²) in [6, 6.07) is 16.7. The van der Waals surface area contributed by atoms with Crippen molar-refractivity contribution in [2.24, 2.45) is 0 Å². The Labute approximate surface area is 162 Å². The summed E-state index contributed by atoms with van der Waals surface area (Å²) < 4.78 is 32.0. The molecule has 0 radical (unpaired) electrons. The number of nitrogens with one attached hydrogen (secondary N) is 1. The molecular weight excluding hydrogens is 384 g/mol. The molecule has 1 N–H and O–H groups in total. The molecule has 0 aliphatic heterocycles. The largest absolute Gasteiger partial charge is 0.497 e. The van der Waals surface area contributed by atoms with Gasteiger partial charge >= 0.3 is 0 Å². The highest BCUT2D eigenvalue weighted by Gasteiger charge is 2.25. The Balaban J connectivity index is 1.90. The highest BCUT2D eigenvalue weighted by atomic mass is 32.2. The van der Waals surface area contributed by atoms with E-state index >= 15 is 0 Å². The average Bonchev–Trinajstić information content (AvgIpc) is 3.23. The van der Waals surface area contributed by atoms with Gasteiger partial charge in [-0.2, -0.15) is 0 Å². The molecule has 0 aliphatic rings. The molecule has 0 bridgehead atoms. The molecule has 0 unspecified atom stereocenters. The molecule has 0 atom stereocenters. The second-order valence-corrected chi connectivity index (χ2v) is 8.75. The zero-order valence-corrected chi connectivity index (χ0v) is 16.4. The minimum absolute atomic E-state index is 0.218. The van der Waals surface area contributed by atoms with Gasteiger partial charge in [-0.15, -0.1) is 11.3 Å². The third-order valence-corrected chi connectivity index (χ3v) is 7.09. The van der Waals surface area contributed by atoms with Crippen LogP contribution in [0, 0.1) is 0 Å². The fourth-order valence-corrected chi connectivity index (χ4v) is 4.86. The van der Waals surface area contributed by atoms with Gasteiger partial charge in [0.25, 0.3) is 15.9 Å². The number of benzene rings is 2. The number of rotatable bonds is 6. The lowest BCUT2D eigenvalue weighted by atomic mass is 10.1. The Morgan fingerprint density at radius 1 is 1.04 bits per heavy atom. The first-order chi connectivity index (χ1) is 12.9. The van der Waals surface area contributed by atoms with Gasteiger partial charge in [0, 0.05) is 12.7 Å². The van der Waals surface area contributed by atoms with Gasteiger partial charge in [-0.1, -0.05) is 18.2 Å². The van der Waals surface area contributed by atoms with Gasteiger partial charge in [0.05, 0.1) is 18.4 Å². The number of ether oxygens (including phenoxy) is 1. The number of amides is 1. The third kappa shape index (κ3) is 3.96. The molecule has 3 rings (SSSR count). The molecule has 1 heterocycles. The van der Waals surface area contributed by atoms with Crippen LogP contribution in [0.4, 0.5) is 11.4 Å². The summed E-state index contributed by atoms with van der Waals surface area (Å²) in [4.78, 5) is 12.7. The summed E-state index contributed by atoms with van der Waals surface area (Å²) in [5.74, 6) is 0.277. The van der Waals surface area contributed by atoms with Crippen LogP contribution in [0.2, 0.25) is 0 Å². The van der Waals surface area contributed by atoms with Crippen LogP contribution in [0.3, 0.4) is 0 Å². The van der Waals surface area contributed by atoms with Crippen molar-refractivity contribution < 1.29 is 17.9 Å². The van der Waals surface area contributed by atoms with Crippen LogP contribution in [0.15, 0.2) is 70.3 Å². The SMILES string of the molecule is COc1ccc(NC(=O)c2ccccc2N(C)S(=O)(=O)c2cccs2)cc1. The normalized spacial score (nSPS) is 11.0. The van der Waals surface area contributed by atoms with Gasteiger partial charge in [0.1, 0.15) is 9.96 Å². The molecule has 0 spiro atoms. The van der Waals surface area contributed by atoms with Crippen molar-refractivity contribution >= 4 is 38.6 Å². The molecule has 8 heteroatoms. The molecule has 6 nitrogen and oxygen atoms in total. The van der Waals surface area contributed by atoms with E-state index in [2.05, 4.69) is 5.32 Å². The number of para-hydroxylation sites is 1. The summed E-state index contributed by atoms with van der Waals surface area (Å²) in [6.07, 6.45) is 0. The number of carbonyl (C=O) groups excluding carboxylic acids is 1. The van der Waals surface area contributed by atoms with Crippen LogP contribution in [0.5, 0.6) is 5.75 Å². The summed E-state index contributed by atoms with van der Waals surface area (Å²) in [7, 11) is -0.729. The van der Waals surface area contributed by atoms with Gasteiger partial charge in [-0.25, -0.2) is 8.42 Å². The number of carbonyl (C=O) groups is 1. The number of nitrogens with zero attached hydrogens (tertiary/aromatic N) is 1. The van der Waals surface area contributed by atoms with Gasteiger partial charge in [-0.3, -0.25) is 9.10 Å². The second kappa shape index (κ2) is 7.81. The van der Waals surface area contributed by atoms with E-state index in [1.54, 1.807) is 67.1 Å². The zero-order valence-electron chi connectivity index (χ0n) is 14.7. The van der Waals surface area contributed by atoms with Crippen molar-refractivity contribution in [3.05, 3.63) is 71.6 Å². The van der Waals surface area contributed by atoms with E-state index in [4.69, 9.17) is 4.74 Å². The molecule has 1 aromatic heterocycles. The van der Waals surface area contributed by atoms with Crippen molar-refractivity contribution in [1.29, 1.82) is 0 Å². The van der Waals surface area contributed by atoms with E-state index in [1.807, 2.05) is 0 Å². The second-order valence-electron chi connectivity index (χ2n) is 5.60. The van der Waals surface area contributed by atoms with Gasteiger partial charge in [0.2, 0.25) is 0 Å². The maximum Gasteiger partial charge on any atom is 0.273 e. The maximum absolute atomic E-state index is 12.8. The fraction of sp³-hybridized carbons (Fsp3) is 0.105. The van der Waals surface area contributed by atoms with Crippen molar-refractivity contribution in [2.75, 3.05) is 23.8 Å². The smallest absolute Gasteiger partial charge is 0.273 e. The van der Waals surface area contributed by atoms with Crippen LogP contribution >= 0.6 is 11.3 Å². The first kappa shape index (κ1) is 18.9. The molecule has 0 saturated heterocycles.